The molecule has 0 aromatic rings. The maximum absolute atomic E-state index is 11.7. The van der Waals surface area contributed by atoms with Crippen molar-refractivity contribution in [1.82, 2.24) is 5.32 Å². The van der Waals surface area contributed by atoms with Crippen LogP contribution in [0.25, 0.3) is 0 Å². The van der Waals surface area contributed by atoms with Crippen molar-refractivity contribution >= 4 is 11.9 Å². The van der Waals surface area contributed by atoms with Crippen LogP contribution in [0.15, 0.2) is 0 Å². The summed E-state index contributed by atoms with van der Waals surface area (Å²) in [4.78, 5) is 22.0. The van der Waals surface area contributed by atoms with Crippen LogP contribution in [-0.2, 0) is 9.59 Å². The van der Waals surface area contributed by atoms with E-state index in [4.69, 9.17) is 0 Å². The van der Waals surface area contributed by atoms with Crippen LogP contribution in [0.1, 0.15) is 85.5 Å². The fourth-order valence-corrected chi connectivity index (χ4v) is 4.40. The van der Waals surface area contributed by atoms with Crippen LogP contribution < -0.4 is 15.5 Å². The summed E-state index contributed by atoms with van der Waals surface area (Å²) in [5, 5.41) is 25.6. The van der Waals surface area contributed by atoms with E-state index in [1.54, 1.807) is 0 Å². The van der Waals surface area contributed by atoms with Gasteiger partial charge in [0.2, 0.25) is 0 Å². The molecule has 0 aromatic heterocycles. The Morgan fingerprint density at radius 2 is 1.46 bits per heavy atom. The maximum atomic E-state index is 11.7. The summed E-state index contributed by atoms with van der Waals surface area (Å²) in [6, 6.07) is 0. The zero-order valence-corrected chi connectivity index (χ0v) is 15.7. The third kappa shape index (κ3) is 7.65. The van der Waals surface area contributed by atoms with Crippen molar-refractivity contribution in [2.75, 3.05) is 0 Å². The number of carboxylic acids is 2. The van der Waals surface area contributed by atoms with Crippen LogP contribution >= 0.6 is 0 Å². The number of nitrogens with one attached hydrogen (secondary N) is 1. The van der Waals surface area contributed by atoms with E-state index in [0.29, 0.717) is 12.8 Å². The van der Waals surface area contributed by atoms with Crippen LogP contribution in [0.4, 0.5) is 0 Å². The van der Waals surface area contributed by atoms with Gasteiger partial charge in [-0.05, 0) is 65.7 Å². The quantitative estimate of drug-likeness (QED) is 0.607. The maximum Gasteiger partial charge on any atom is 0.0448 e. The van der Waals surface area contributed by atoms with Gasteiger partial charge in [-0.2, -0.15) is 0 Å². The second kappa shape index (κ2) is 8.84. The van der Waals surface area contributed by atoms with Gasteiger partial charge in [-0.25, -0.2) is 0 Å². The summed E-state index contributed by atoms with van der Waals surface area (Å²) < 4.78 is 0. The molecule has 24 heavy (non-hydrogen) atoms. The lowest BCUT2D eigenvalue weighted by molar-refractivity contribution is -0.314. The Balaban J connectivity index is 2.44. The topological polar surface area (TPSA) is 92.3 Å². The highest BCUT2D eigenvalue weighted by Crippen LogP contribution is 2.38. The monoisotopic (exact) mass is 339 g/mol. The number of unbranched alkanes of at least 4 members (excludes halogenated alkanes) is 4. The number of rotatable bonds is 10. The molecule has 0 spiro atoms. The van der Waals surface area contributed by atoms with E-state index in [2.05, 4.69) is 33.0 Å². The Hall–Kier alpha value is -1.10. The van der Waals surface area contributed by atoms with E-state index in [-0.39, 0.29) is 23.4 Å². The fourth-order valence-electron chi connectivity index (χ4n) is 4.40. The van der Waals surface area contributed by atoms with E-state index < -0.39 is 17.9 Å². The SMILES string of the molecule is CC1(C)CC(C(CCCCCCCC(=O)[O-])C(=O)[O-])CC(C)(C)N1. The van der Waals surface area contributed by atoms with Crippen molar-refractivity contribution in [3.8, 4) is 0 Å². The first-order valence-electron chi connectivity index (χ1n) is 9.22. The minimum atomic E-state index is -0.997. The zero-order valence-electron chi connectivity index (χ0n) is 15.7. The van der Waals surface area contributed by atoms with Crippen LogP contribution in [0, 0.1) is 11.8 Å². The molecule has 0 amide bonds. The van der Waals surface area contributed by atoms with Gasteiger partial charge in [-0.15, -0.1) is 0 Å². The van der Waals surface area contributed by atoms with Crippen molar-refractivity contribution in [2.45, 2.75) is 96.6 Å². The molecule has 1 aliphatic rings. The standard InChI is InChI=1S/C19H35NO4/c1-18(2)12-14(13-19(3,4)20-18)15(17(23)24)10-8-6-5-7-9-11-16(21)22/h14-15,20H,5-13H2,1-4H3,(H,21,22)(H,23,24)/p-2. The second-order valence-electron chi connectivity index (χ2n) is 8.67. The smallest absolute Gasteiger partial charge is 0.0448 e. The van der Waals surface area contributed by atoms with E-state index in [1.807, 2.05) is 0 Å². The van der Waals surface area contributed by atoms with Gasteiger partial charge in [-0.1, -0.05) is 25.7 Å². The molecule has 1 aliphatic heterocycles. The molecule has 1 rings (SSSR count). The average Bonchev–Trinajstić information content (AvgIpc) is 2.37. The van der Waals surface area contributed by atoms with E-state index in [0.717, 1.165) is 38.5 Å². The average molecular weight is 339 g/mol. The summed E-state index contributed by atoms with van der Waals surface area (Å²) >= 11 is 0. The Morgan fingerprint density at radius 1 is 0.958 bits per heavy atom. The van der Waals surface area contributed by atoms with Gasteiger partial charge < -0.3 is 25.1 Å². The lowest BCUT2D eigenvalue weighted by atomic mass is 9.69. The summed E-state index contributed by atoms with van der Waals surface area (Å²) in [5.74, 6) is -2.18. The molecular weight excluding hydrogens is 306 g/mol. The molecular formula is C19H33NO4-2. The zero-order chi connectivity index (χ0) is 18.4. The molecule has 0 saturated carbocycles. The summed E-state index contributed by atoms with van der Waals surface area (Å²) in [6.07, 6.45) is 6.70. The van der Waals surface area contributed by atoms with Crippen molar-refractivity contribution in [1.29, 1.82) is 0 Å². The lowest BCUT2D eigenvalue weighted by Gasteiger charge is -2.49. The highest BCUT2D eigenvalue weighted by Gasteiger charge is 2.40. The highest BCUT2D eigenvalue weighted by atomic mass is 16.4. The molecule has 0 bridgehead atoms. The molecule has 1 atom stereocenters. The number of aliphatic carboxylic acids is 2. The number of piperidine rings is 1. The molecule has 1 N–H and O–H groups in total. The number of carbonyl (C=O) groups excluding carboxylic acids is 2. The Kier molecular flexibility index (Phi) is 7.71. The van der Waals surface area contributed by atoms with Crippen LogP contribution in [0.3, 0.4) is 0 Å². The second-order valence-corrected chi connectivity index (χ2v) is 8.67. The summed E-state index contributed by atoms with van der Waals surface area (Å²) in [7, 11) is 0. The number of carbonyl (C=O) groups is 2. The highest BCUT2D eigenvalue weighted by molar-refractivity contribution is 5.68. The Bertz CT molecular complexity index is 415. The van der Waals surface area contributed by atoms with Gasteiger partial charge in [0.05, 0.1) is 0 Å². The van der Waals surface area contributed by atoms with Crippen molar-refractivity contribution < 1.29 is 19.8 Å². The van der Waals surface area contributed by atoms with Crippen molar-refractivity contribution in [3.63, 3.8) is 0 Å². The van der Waals surface area contributed by atoms with Gasteiger partial charge >= 0.3 is 0 Å². The molecule has 1 heterocycles. The first-order valence-corrected chi connectivity index (χ1v) is 9.22. The van der Waals surface area contributed by atoms with Crippen molar-refractivity contribution in [2.24, 2.45) is 11.8 Å². The molecule has 140 valence electrons. The summed E-state index contributed by atoms with van der Waals surface area (Å²) in [6.45, 7) is 8.52. The minimum absolute atomic E-state index is 0.0645. The van der Waals surface area contributed by atoms with Gasteiger partial charge in [0.25, 0.3) is 0 Å². The van der Waals surface area contributed by atoms with Crippen LogP contribution in [0.2, 0.25) is 0 Å². The van der Waals surface area contributed by atoms with Crippen molar-refractivity contribution in [3.05, 3.63) is 0 Å². The minimum Gasteiger partial charge on any atom is -0.550 e. The molecule has 1 fully saturated rings. The Labute approximate surface area is 146 Å². The van der Waals surface area contributed by atoms with E-state index >= 15 is 0 Å². The molecule has 0 radical (unpaired) electrons. The van der Waals surface area contributed by atoms with E-state index in [9.17, 15) is 19.8 Å². The first kappa shape index (κ1) is 20.9. The van der Waals surface area contributed by atoms with E-state index in [1.165, 1.54) is 0 Å². The number of hydrogen-bond donors (Lipinski definition) is 1. The lowest BCUT2D eigenvalue weighted by Crippen LogP contribution is -2.59. The predicted molar refractivity (Wildman–Crippen MR) is 89.8 cm³/mol. The van der Waals surface area contributed by atoms with Gasteiger partial charge in [0, 0.05) is 28.9 Å². The molecule has 5 heteroatoms. The molecule has 0 aliphatic carbocycles. The molecule has 1 unspecified atom stereocenters. The number of carboxylic acid groups (broad SMARTS) is 2. The molecule has 5 nitrogen and oxygen atoms in total. The van der Waals surface area contributed by atoms with Crippen LogP contribution in [0.5, 0.6) is 0 Å². The summed E-state index contributed by atoms with van der Waals surface area (Å²) in [5.41, 5.74) is -0.129. The largest absolute Gasteiger partial charge is 0.550 e. The van der Waals surface area contributed by atoms with Crippen LogP contribution in [-0.4, -0.2) is 23.0 Å². The van der Waals surface area contributed by atoms with Gasteiger partial charge in [-0.3, -0.25) is 0 Å². The molecule has 0 aromatic carbocycles. The Morgan fingerprint density at radius 3 is 1.96 bits per heavy atom. The third-order valence-electron chi connectivity index (χ3n) is 4.99. The molecule has 1 saturated heterocycles. The predicted octanol–water partition coefficient (Wildman–Crippen LogP) is 1.39. The fraction of sp³-hybridized carbons (Fsp3) is 0.895. The van der Waals surface area contributed by atoms with Gasteiger partial charge in [0.15, 0.2) is 0 Å². The van der Waals surface area contributed by atoms with Gasteiger partial charge in [0.1, 0.15) is 0 Å². The first-order chi connectivity index (χ1) is 11.0. The normalized spacial score (nSPS) is 21.3. The number of hydrogen-bond acceptors (Lipinski definition) is 5. The third-order valence-corrected chi connectivity index (χ3v) is 4.99.